The lowest BCUT2D eigenvalue weighted by Gasteiger charge is -2.11. The molecule has 1 heterocycles. The molecule has 0 aliphatic rings. The maximum atomic E-state index is 12.7. The number of carbonyl (C=O) groups excluding carboxylic acids is 1. The number of pyridine rings is 1. The number of hydrogen-bond acceptors (Lipinski definition) is 4. The van der Waals surface area contributed by atoms with E-state index in [0.29, 0.717) is 24.0 Å². The van der Waals surface area contributed by atoms with E-state index in [-0.39, 0.29) is 10.7 Å². The van der Waals surface area contributed by atoms with E-state index in [1.54, 1.807) is 43.3 Å². The lowest BCUT2D eigenvalue weighted by molar-refractivity contribution is -0.116. The number of nitrogens with zero attached hydrogens (tertiary/aromatic N) is 1. The van der Waals surface area contributed by atoms with E-state index in [1.807, 2.05) is 25.1 Å². The van der Waals surface area contributed by atoms with Gasteiger partial charge in [0.15, 0.2) is 0 Å². The second-order valence-corrected chi connectivity index (χ2v) is 7.98. The van der Waals surface area contributed by atoms with Crippen molar-refractivity contribution >= 4 is 32.4 Å². The van der Waals surface area contributed by atoms with Crippen molar-refractivity contribution in [1.29, 1.82) is 0 Å². The molecule has 0 bridgehead atoms. The average molecular weight is 368 g/mol. The fourth-order valence-electron chi connectivity index (χ4n) is 2.63. The quantitative estimate of drug-likeness (QED) is 0.717. The number of para-hydroxylation sites is 1. The monoisotopic (exact) mass is 368 g/mol. The Morgan fingerprint density at radius 2 is 1.77 bits per heavy atom. The van der Waals surface area contributed by atoms with Crippen LogP contribution in [0.4, 0.5) is 5.69 Å². The van der Waals surface area contributed by atoms with Gasteiger partial charge < -0.3 is 4.79 Å². The van der Waals surface area contributed by atoms with Gasteiger partial charge in [-0.2, -0.15) is 0 Å². The molecule has 0 spiro atoms. The third-order valence-electron chi connectivity index (χ3n) is 4.09. The number of benzene rings is 2. The Balaban J connectivity index is 1.97. The van der Waals surface area contributed by atoms with Gasteiger partial charge in [-0.05, 0) is 44.5 Å². The predicted octanol–water partition coefficient (Wildman–Crippen LogP) is 3.87. The zero-order valence-corrected chi connectivity index (χ0v) is 15.5. The number of sulfonamides is 1. The number of hydrogen-bond donors (Lipinski definition) is 1. The minimum Gasteiger partial charge on any atom is -0.300 e. The molecule has 0 radical (unpaired) electrons. The fourth-order valence-corrected chi connectivity index (χ4v) is 3.70. The van der Waals surface area contributed by atoms with Gasteiger partial charge in [0.05, 0.1) is 16.1 Å². The van der Waals surface area contributed by atoms with E-state index in [2.05, 4.69) is 9.71 Å². The molecule has 3 aromatic rings. The molecule has 0 atom stereocenters. The lowest BCUT2D eigenvalue weighted by Crippen LogP contribution is -2.13. The maximum absolute atomic E-state index is 12.7. The van der Waals surface area contributed by atoms with Gasteiger partial charge in [-0.25, -0.2) is 8.42 Å². The number of ketones is 1. The summed E-state index contributed by atoms with van der Waals surface area (Å²) in [4.78, 5) is 16.0. The molecule has 134 valence electrons. The van der Waals surface area contributed by atoms with Gasteiger partial charge in [-0.3, -0.25) is 9.71 Å². The number of Topliss-reactive ketones (excluding diaryl/α,β-unsaturated/α-hetero) is 1. The first-order chi connectivity index (χ1) is 12.3. The van der Waals surface area contributed by atoms with Crippen molar-refractivity contribution in [2.45, 2.75) is 31.6 Å². The Morgan fingerprint density at radius 3 is 2.46 bits per heavy atom. The summed E-state index contributed by atoms with van der Waals surface area (Å²) >= 11 is 0. The molecular formula is C20H20N2O3S. The summed E-state index contributed by atoms with van der Waals surface area (Å²) in [5.74, 6) is 0.0975. The lowest BCUT2D eigenvalue weighted by atomic mass is 10.1. The van der Waals surface area contributed by atoms with Crippen molar-refractivity contribution in [3.05, 3.63) is 65.9 Å². The van der Waals surface area contributed by atoms with Crippen LogP contribution in [-0.2, 0) is 21.2 Å². The van der Waals surface area contributed by atoms with E-state index in [4.69, 9.17) is 0 Å². The van der Waals surface area contributed by atoms with Crippen LogP contribution in [0.15, 0.2) is 59.5 Å². The zero-order valence-electron chi connectivity index (χ0n) is 14.7. The highest BCUT2D eigenvalue weighted by Gasteiger charge is 2.16. The minimum atomic E-state index is -3.70. The zero-order chi connectivity index (χ0) is 18.7. The Morgan fingerprint density at radius 1 is 1.04 bits per heavy atom. The highest BCUT2D eigenvalue weighted by atomic mass is 32.2. The molecule has 26 heavy (non-hydrogen) atoms. The smallest absolute Gasteiger partial charge is 0.261 e. The summed E-state index contributed by atoms with van der Waals surface area (Å²) in [5, 5.41) is 0.834. The molecule has 1 N–H and O–H groups in total. The molecule has 5 nitrogen and oxygen atoms in total. The van der Waals surface area contributed by atoms with Crippen molar-refractivity contribution in [3.8, 4) is 0 Å². The van der Waals surface area contributed by atoms with Crippen molar-refractivity contribution in [2.24, 2.45) is 0 Å². The summed E-state index contributed by atoms with van der Waals surface area (Å²) in [6.45, 7) is 3.45. The third-order valence-corrected chi connectivity index (χ3v) is 5.47. The summed E-state index contributed by atoms with van der Waals surface area (Å²) in [7, 11) is -3.70. The third kappa shape index (κ3) is 4.08. The molecule has 0 saturated heterocycles. The van der Waals surface area contributed by atoms with Crippen LogP contribution in [0.3, 0.4) is 0 Å². The van der Waals surface area contributed by atoms with Crippen LogP contribution in [0.5, 0.6) is 0 Å². The molecule has 2 aromatic carbocycles. The van der Waals surface area contributed by atoms with Crippen LogP contribution < -0.4 is 4.72 Å². The van der Waals surface area contributed by atoms with Gasteiger partial charge in [-0.1, -0.05) is 35.9 Å². The molecule has 6 heteroatoms. The number of anilines is 1. The van der Waals surface area contributed by atoms with Gasteiger partial charge in [0.2, 0.25) is 0 Å². The van der Waals surface area contributed by atoms with Crippen LogP contribution in [0.2, 0.25) is 0 Å². The molecule has 0 saturated carbocycles. The Kier molecular flexibility index (Phi) is 5.04. The summed E-state index contributed by atoms with van der Waals surface area (Å²) in [6, 6.07) is 15.8. The molecule has 3 rings (SSSR count). The number of carbonyl (C=O) groups is 1. The second-order valence-electron chi connectivity index (χ2n) is 6.30. The Labute approximate surface area is 153 Å². The van der Waals surface area contributed by atoms with Crippen LogP contribution in [-0.4, -0.2) is 19.2 Å². The highest BCUT2D eigenvalue weighted by molar-refractivity contribution is 7.92. The second kappa shape index (κ2) is 7.25. The van der Waals surface area contributed by atoms with E-state index in [0.717, 1.165) is 16.6 Å². The average Bonchev–Trinajstić information content (AvgIpc) is 2.60. The number of fused-ring (bicyclic) bond motifs is 1. The van der Waals surface area contributed by atoms with Gasteiger partial charge in [0.25, 0.3) is 10.0 Å². The number of rotatable bonds is 6. The van der Waals surface area contributed by atoms with Gasteiger partial charge in [0, 0.05) is 17.5 Å². The first-order valence-electron chi connectivity index (χ1n) is 8.33. The van der Waals surface area contributed by atoms with E-state index >= 15 is 0 Å². The van der Waals surface area contributed by atoms with Crippen LogP contribution in [0.25, 0.3) is 10.9 Å². The standard InChI is InChI=1S/C20H20N2O3S/c1-14-6-12-18(13-7-14)26(24,25)22-19-5-3-4-16-9-11-17(21-20(16)19)10-8-15(2)23/h3-7,9,11-13,22H,8,10H2,1-2H3. The van der Waals surface area contributed by atoms with Crippen molar-refractivity contribution in [3.63, 3.8) is 0 Å². The van der Waals surface area contributed by atoms with Crippen molar-refractivity contribution < 1.29 is 13.2 Å². The fraction of sp³-hybridized carbons (Fsp3) is 0.200. The highest BCUT2D eigenvalue weighted by Crippen LogP contribution is 2.25. The largest absolute Gasteiger partial charge is 0.300 e. The normalized spacial score (nSPS) is 11.5. The molecule has 0 unspecified atom stereocenters. The molecule has 0 aliphatic heterocycles. The number of aromatic nitrogens is 1. The number of aryl methyl sites for hydroxylation is 2. The van der Waals surface area contributed by atoms with Crippen LogP contribution in [0, 0.1) is 6.92 Å². The van der Waals surface area contributed by atoms with Gasteiger partial charge >= 0.3 is 0 Å². The maximum Gasteiger partial charge on any atom is 0.261 e. The first-order valence-corrected chi connectivity index (χ1v) is 9.81. The van der Waals surface area contributed by atoms with Crippen molar-refractivity contribution in [2.75, 3.05) is 4.72 Å². The summed E-state index contributed by atoms with van der Waals surface area (Å²) in [5.41, 5.74) is 2.75. The molecule has 0 fully saturated rings. The minimum absolute atomic E-state index is 0.0975. The summed E-state index contributed by atoms with van der Waals surface area (Å²) in [6.07, 6.45) is 0.945. The van der Waals surface area contributed by atoms with Gasteiger partial charge in [0.1, 0.15) is 5.78 Å². The molecule has 0 amide bonds. The molecule has 0 aliphatic carbocycles. The molecular weight excluding hydrogens is 348 g/mol. The van der Waals surface area contributed by atoms with Crippen molar-refractivity contribution in [1.82, 2.24) is 4.98 Å². The van der Waals surface area contributed by atoms with Crippen LogP contribution in [0.1, 0.15) is 24.6 Å². The first kappa shape index (κ1) is 18.1. The topological polar surface area (TPSA) is 76.1 Å². The number of nitrogens with one attached hydrogen (secondary N) is 1. The van der Waals surface area contributed by atoms with Crippen LogP contribution >= 0.6 is 0 Å². The molecule has 1 aromatic heterocycles. The summed E-state index contributed by atoms with van der Waals surface area (Å²) < 4.78 is 28.0. The Hall–Kier alpha value is -2.73. The SMILES string of the molecule is CC(=O)CCc1ccc2cccc(NS(=O)(=O)c3ccc(C)cc3)c2n1. The Bertz CT molecular complexity index is 1060. The van der Waals surface area contributed by atoms with E-state index in [9.17, 15) is 13.2 Å². The predicted molar refractivity (Wildman–Crippen MR) is 103 cm³/mol. The van der Waals surface area contributed by atoms with E-state index < -0.39 is 10.0 Å². The van der Waals surface area contributed by atoms with E-state index in [1.165, 1.54) is 0 Å². The van der Waals surface area contributed by atoms with Gasteiger partial charge in [-0.15, -0.1) is 0 Å².